The van der Waals surface area contributed by atoms with Crippen LogP contribution in [0, 0.1) is 6.92 Å². The Morgan fingerprint density at radius 2 is 1.76 bits per heavy atom. The van der Waals surface area contributed by atoms with Gasteiger partial charge in [-0.15, -0.1) is 10.2 Å². The topological polar surface area (TPSA) is 93.5 Å². The lowest BCUT2D eigenvalue weighted by Crippen LogP contribution is -2.17. The molecule has 0 radical (unpaired) electrons. The van der Waals surface area contributed by atoms with Crippen molar-refractivity contribution in [2.45, 2.75) is 6.92 Å². The molecule has 0 spiro atoms. The van der Waals surface area contributed by atoms with Crippen LogP contribution in [0.25, 0.3) is 23.1 Å². The van der Waals surface area contributed by atoms with Gasteiger partial charge in [-0.1, -0.05) is 41.9 Å². The molecule has 0 saturated heterocycles. The third-order valence-electron chi connectivity index (χ3n) is 4.07. The van der Waals surface area contributed by atoms with Crippen molar-refractivity contribution in [2.75, 3.05) is 0 Å². The summed E-state index contributed by atoms with van der Waals surface area (Å²) in [7, 11) is 0. The van der Waals surface area contributed by atoms with Crippen molar-refractivity contribution in [3.8, 4) is 23.1 Å². The smallest absolute Gasteiger partial charge is 0.283 e. The number of benzene rings is 2. The molecule has 0 saturated carbocycles. The monoisotopic (exact) mass is 406 g/mol. The zero-order chi connectivity index (χ0) is 20.2. The molecule has 2 aromatic carbocycles. The third kappa shape index (κ3) is 4.25. The van der Waals surface area contributed by atoms with Crippen molar-refractivity contribution < 1.29 is 13.6 Å². The van der Waals surface area contributed by atoms with Crippen LogP contribution in [0.4, 0.5) is 0 Å². The predicted molar refractivity (Wildman–Crippen MR) is 109 cm³/mol. The lowest BCUT2D eigenvalue weighted by molar-refractivity contribution is 0.0953. The fourth-order valence-corrected chi connectivity index (χ4v) is 2.73. The second-order valence-corrected chi connectivity index (χ2v) is 6.55. The van der Waals surface area contributed by atoms with E-state index >= 15 is 0 Å². The molecule has 144 valence electrons. The number of carbonyl (C=O) groups excluding carboxylic acids is 1. The Labute approximate surface area is 171 Å². The highest BCUT2D eigenvalue weighted by atomic mass is 35.5. The number of carbonyl (C=O) groups is 1. The van der Waals surface area contributed by atoms with E-state index in [4.69, 9.17) is 20.4 Å². The maximum absolute atomic E-state index is 12.4. The molecule has 0 unspecified atom stereocenters. The van der Waals surface area contributed by atoms with E-state index in [2.05, 4.69) is 20.7 Å². The van der Waals surface area contributed by atoms with E-state index in [-0.39, 0.29) is 5.89 Å². The average Bonchev–Trinajstić information content (AvgIpc) is 3.37. The predicted octanol–water partition coefficient (Wildman–Crippen LogP) is 4.72. The van der Waals surface area contributed by atoms with Gasteiger partial charge in [-0.25, -0.2) is 5.43 Å². The summed E-state index contributed by atoms with van der Waals surface area (Å²) < 4.78 is 11.3. The van der Waals surface area contributed by atoms with Crippen LogP contribution in [0.2, 0.25) is 5.02 Å². The summed E-state index contributed by atoms with van der Waals surface area (Å²) in [5.41, 5.74) is 4.40. The van der Waals surface area contributed by atoms with E-state index in [1.165, 1.54) is 6.21 Å². The number of rotatable bonds is 5. The lowest BCUT2D eigenvalue weighted by atomic mass is 10.2. The molecule has 0 aliphatic heterocycles. The number of halogens is 1. The van der Waals surface area contributed by atoms with Gasteiger partial charge in [0.15, 0.2) is 5.76 Å². The number of aromatic nitrogens is 2. The fourth-order valence-electron chi connectivity index (χ4n) is 2.61. The van der Waals surface area contributed by atoms with Crippen molar-refractivity contribution in [2.24, 2.45) is 5.10 Å². The molecule has 1 N–H and O–H groups in total. The highest BCUT2D eigenvalue weighted by molar-refractivity contribution is 6.30. The lowest BCUT2D eigenvalue weighted by Gasteiger charge is -1.97. The average molecular weight is 407 g/mol. The van der Waals surface area contributed by atoms with Crippen molar-refractivity contribution >= 4 is 23.7 Å². The first kappa shape index (κ1) is 18.6. The summed E-state index contributed by atoms with van der Waals surface area (Å²) in [4.78, 5) is 12.4. The van der Waals surface area contributed by atoms with Gasteiger partial charge in [0, 0.05) is 16.7 Å². The van der Waals surface area contributed by atoms with Gasteiger partial charge in [-0.05, 0) is 36.8 Å². The van der Waals surface area contributed by atoms with E-state index in [1.807, 2.05) is 30.3 Å². The molecular weight excluding hydrogens is 392 g/mol. The number of hydrogen-bond acceptors (Lipinski definition) is 6. The summed E-state index contributed by atoms with van der Waals surface area (Å²) >= 11 is 5.84. The molecule has 0 atom stereocenters. The largest absolute Gasteiger partial charge is 0.455 e. The van der Waals surface area contributed by atoms with E-state index in [0.717, 1.165) is 11.1 Å². The van der Waals surface area contributed by atoms with Gasteiger partial charge in [-0.2, -0.15) is 5.10 Å². The van der Waals surface area contributed by atoms with Crippen molar-refractivity contribution in [3.05, 3.63) is 82.6 Å². The van der Waals surface area contributed by atoms with E-state index in [1.54, 1.807) is 37.3 Å². The Morgan fingerprint density at radius 1 is 1.03 bits per heavy atom. The third-order valence-corrected chi connectivity index (χ3v) is 4.32. The minimum atomic E-state index is -0.412. The van der Waals surface area contributed by atoms with Crippen LogP contribution in [0.3, 0.4) is 0 Å². The van der Waals surface area contributed by atoms with Crippen LogP contribution < -0.4 is 5.43 Å². The molecule has 2 heterocycles. The molecule has 0 aliphatic carbocycles. The molecule has 1 amide bonds. The molecular formula is C21H15ClN4O3. The minimum absolute atomic E-state index is 0.190. The number of aryl methyl sites for hydroxylation is 1. The van der Waals surface area contributed by atoms with Crippen LogP contribution in [0.5, 0.6) is 0 Å². The molecule has 4 aromatic rings. The summed E-state index contributed by atoms with van der Waals surface area (Å²) in [6, 6.07) is 18.0. The van der Waals surface area contributed by atoms with Gasteiger partial charge in [0.25, 0.3) is 11.8 Å². The maximum atomic E-state index is 12.4. The molecule has 4 rings (SSSR count). The molecule has 2 aromatic heterocycles. The first-order chi connectivity index (χ1) is 14.1. The molecule has 0 aliphatic rings. The summed E-state index contributed by atoms with van der Waals surface area (Å²) in [6.45, 7) is 1.68. The summed E-state index contributed by atoms with van der Waals surface area (Å²) in [5.74, 6) is 0.872. The molecule has 0 fully saturated rings. The first-order valence-electron chi connectivity index (χ1n) is 8.69. The summed E-state index contributed by atoms with van der Waals surface area (Å²) in [6.07, 6.45) is 1.52. The van der Waals surface area contributed by atoms with Crippen LogP contribution in [0.1, 0.15) is 21.7 Å². The zero-order valence-electron chi connectivity index (χ0n) is 15.3. The SMILES string of the molecule is Cc1oc(-c2nnc(-c3ccccc3)o2)cc1C(=O)N/N=C/c1ccc(Cl)cc1. The van der Waals surface area contributed by atoms with Crippen LogP contribution in [-0.4, -0.2) is 22.3 Å². The molecule has 29 heavy (non-hydrogen) atoms. The number of furan rings is 1. The maximum Gasteiger partial charge on any atom is 0.283 e. The number of hydrogen-bond donors (Lipinski definition) is 1. The minimum Gasteiger partial charge on any atom is -0.455 e. The van der Waals surface area contributed by atoms with E-state index in [9.17, 15) is 4.79 Å². The standard InChI is InChI=1S/C21H15ClN4O3/c1-13-17(19(27)24-23-12-14-7-9-16(22)10-8-14)11-18(28-13)21-26-25-20(29-21)15-5-3-2-4-6-15/h2-12H,1H3,(H,24,27)/b23-12+. The Kier molecular flexibility index (Phi) is 5.22. The van der Waals surface area contributed by atoms with Crippen LogP contribution in [0.15, 0.2) is 74.6 Å². The van der Waals surface area contributed by atoms with E-state index < -0.39 is 5.91 Å². The Hall–Kier alpha value is -3.71. The van der Waals surface area contributed by atoms with Gasteiger partial charge >= 0.3 is 0 Å². The normalized spacial score (nSPS) is 11.1. The van der Waals surface area contributed by atoms with E-state index in [0.29, 0.717) is 28.0 Å². The van der Waals surface area contributed by atoms with Crippen molar-refractivity contribution in [1.82, 2.24) is 15.6 Å². The number of amides is 1. The zero-order valence-corrected chi connectivity index (χ0v) is 16.1. The Morgan fingerprint density at radius 3 is 2.52 bits per heavy atom. The van der Waals surface area contributed by atoms with Gasteiger partial charge in [0.05, 0.1) is 11.8 Å². The van der Waals surface area contributed by atoms with Gasteiger partial charge in [0.2, 0.25) is 5.89 Å². The Bertz CT molecular complexity index is 1160. The first-order valence-corrected chi connectivity index (χ1v) is 9.06. The van der Waals surface area contributed by atoms with Gasteiger partial charge < -0.3 is 8.83 Å². The van der Waals surface area contributed by atoms with Crippen molar-refractivity contribution in [3.63, 3.8) is 0 Å². The Balaban J connectivity index is 1.48. The molecule has 7 nitrogen and oxygen atoms in total. The van der Waals surface area contributed by atoms with Crippen LogP contribution >= 0.6 is 11.6 Å². The number of hydrazone groups is 1. The highest BCUT2D eigenvalue weighted by Gasteiger charge is 2.19. The van der Waals surface area contributed by atoms with Crippen LogP contribution in [-0.2, 0) is 0 Å². The second-order valence-electron chi connectivity index (χ2n) is 6.11. The summed E-state index contributed by atoms with van der Waals surface area (Å²) in [5, 5.41) is 12.6. The van der Waals surface area contributed by atoms with Gasteiger partial charge in [-0.3, -0.25) is 4.79 Å². The number of nitrogens with one attached hydrogen (secondary N) is 1. The molecule has 0 bridgehead atoms. The molecule has 8 heteroatoms. The van der Waals surface area contributed by atoms with Crippen molar-refractivity contribution in [1.29, 1.82) is 0 Å². The quantitative estimate of drug-likeness (QED) is 0.382. The fraction of sp³-hybridized carbons (Fsp3) is 0.0476. The number of nitrogens with zero attached hydrogens (tertiary/aromatic N) is 3. The highest BCUT2D eigenvalue weighted by Crippen LogP contribution is 2.27. The second kappa shape index (κ2) is 8.12. The van der Waals surface area contributed by atoms with Gasteiger partial charge in [0.1, 0.15) is 5.76 Å².